The minimum absolute atomic E-state index is 0.396. The maximum absolute atomic E-state index is 11.6. The molecule has 5 nitrogen and oxygen atoms in total. The first-order chi connectivity index (χ1) is 9.10. The van der Waals surface area contributed by atoms with E-state index >= 15 is 0 Å². The number of esters is 1. The molecule has 0 saturated heterocycles. The van der Waals surface area contributed by atoms with Crippen LogP contribution in [0.1, 0.15) is 21.6 Å². The van der Waals surface area contributed by atoms with Crippen LogP contribution < -0.4 is 0 Å². The third-order valence-corrected chi connectivity index (χ3v) is 4.00. The number of hydrogen-bond acceptors (Lipinski definition) is 4. The van der Waals surface area contributed by atoms with E-state index in [9.17, 15) is 4.79 Å². The maximum Gasteiger partial charge on any atom is 0.341 e. The molecule has 0 fully saturated rings. The van der Waals surface area contributed by atoms with Crippen molar-refractivity contribution in [1.82, 2.24) is 14.8 Å². The fourth-order valence-corrected chi connectivity index (χ4v) is 3.16. The molecule has 0 aliphatic rings. The second-order valence-electron chi connectivity index (χ2n) is 3.80. The molecule has 0 N–H and O–H groups in total. The summed E-state index contributed by atoms with van der Waals surface area (Å²) in [5, 5.41) is 4.89. The number of ether oxygens (including phenoxy) is 1. The fraction of sp³-hybridized carbons (Fsp3) is 0.250. The molecule has 2 aromatic rings. The standard InChI is InChI=1S/C12H11Br2N3O2/c1-7-9(12(18)19-2)4-16-17(7)11-6-15-5-10(14)8(11)3-13/h4-6H,3H2,1-2H3. The van der Waals surface area contributed by atoms with Gasteiger partial charge in [-0.15, -0.1) is 0 Å². The predicted octanol–water partition coefficient (Wildman–Crippen LogP) is 3.02. The Kier molecular flexibility index (Phi) is 4.36. The average Bonchev–Trinajstić information content (AvgIpc) is 2.79. The molecule has 0 radical (unpaired) electrons. The smallest absolute Gasteiger partial charge is 0.341 e. The number of carbonyl (C=O) groups is 1. The highest BCUT2D eigenvalue weighted by Crippen LogP contribution is 2.26. The molecule has 0 amide bonds. The third-order valence-electron chi connectivity index (χ3n) is 2.76. The Morgan fingerprint density at radius 3 is 2.79 bits per heavy atom. The molecule has 0 aliphatic carbocycles. The molecule has 0 saturated carbocycles. The van der Waals surface area contributed by atoms with E-state index in [0.29, 0.717) is 16.6 Å². The van der Waals surface area contributed by atoms with E-state index in [4.69, 9.17) is 4.74 Å². The molecular weight excluding hydrogens is 378 g/mol. The van der Waals surface area contributed by atoms with Crippen LogP contribution in [0.4, 0.5) is 0 Å². The Labute approximate surface area is 127 Å². The molecule has 0 bridgehead atoms. The second-order valence-corrected chi connectivity index (χ2v) is 5.21. The lowest BCUT2D eigenvalue weighted by atomic mass is 10.2. The largest absolute Gasteiger partial charge is 0.465 e. The molecule has 0 spiro atoms. The van der Waals surface area contributed by atoms with Gasteiger partial charge in [0.05, 0.1) is 30.9 Å². The number of pyridine rings is 1. The van der Waals surface area contributed by atoms with E-state index in [0.717, 1.165) is 15.7 Å². The van der Waals surface area contributed by atoms with Gasteiger partial charge in [-0.1, -0.05) is 15.9 Å². The maximum atomic E-state index is 11.6. The highest BCUT2D eigenvalue weighted by Gasteiger charge is 2.17. The molecule has 19 heavy (non-hydrogen) atoms. The average molecular weight is 389 g/mol. The van der Waals surface area contributed by atoms with Gasteiger partial charge in [0.15, 0.2) is 0 Å². The lowest BCUT2D eigenvalue weighted by molar-refractivity contribution is 0.0600. The van der Waals surface area contributed by atoms with Crippen LogP contribution in [0.2, 0.25) is 0 Å². The number of halogens is 2. The molecule has 0 aliphatic heterocycles. The van der Waals surface area contributed by atoms with Gasteiger partial charge >= 0.3 is 5.97 Å². The molecule has 2 aromatic heterocycles. The predicted molar refractivity (Wildman–Crippen MR) is 77.8 cm³/mol. The number of aromatic nitrogens is 3. The van der Waals surface area contributed by atoms with Gasteiger partial charge in [0.1, 0.15) is 5.56 Å². The lowest BCUT2D eigenvalue weighted by Crippen LogP contribution is -2.07. The van der Waals surface area contributed by atoms with Crippen molar-refractivity contribution in [3.05, 3.63) is 39.9 Å². The third kappa shape index (κ3) is 2.57. The van der Waals surface area contributed by atoms with E-state index < -0.39 is 5.97 Å². The van der Waals surface area contributed by atoms with E-state index in [1.165, 1.54) is 13.3 Å². The van der Waals surface area contributed by atoms with Crippen molar-refractivity contribution in [3.8, 4) is 5.69 Å². The van der Waals surface area contributed by atoms with Crippen molar-refractivity contribution in [2.75, 3.05) is 7.11 Å². The quantitative estimate of drug-likeness (QED) is 0.599. The summed E-state index contributed by atoms with van der Waals surface area (Å²) in [6, 6.07) is 0. The van der Waals surface area contributed by atoms with Crippen LogP contribution >= 0.6 is 31.9 Å². The first-order valence-corrected chi connectivity index (χ1v) is 7.33. The zero-order valence-electron chi connectivity index (χ0n) is 10.4. The SMILES string of the molecule is COC(=O)c1cnn(-c2cncc(Br)c2CBr)c1C. The van der Waals surface area contributed by atoms with Crippen LogP contribution in [0.15, 0.2) is 23.1 Å². The van der Waals surface area contributed by atoms with E-state index in [1.54, 1.807) is 17.1 Å². The van der Waals surface area contributed by atoms with Crippen molar-refractivity contribution < 1.29 is 9.53 Å². The Hall–Kier alpha value is -1.21. The normalized spacial score (nSPS) is 10.5. The Balaban J connectivity index is 2.58. The van der Waals surface area contributed by atoms with Crippen molar-refractivity contribution in [2.45, 2.75) is 12.3 Å². The molecule has 7 heteroatoms. The zero-order chi connectivity index (χ0) is 14.0. The van der Waals surface area contributed by atoms with Gasteiger partial charge in [0.25, 0.3) is 0 Å². The van der Waals surface area contributed by atoms with Gasteiger partial charge in [-0.25, -0.2) is 9.48 Å². The number of alkyl halides is 1. The first-order valence-electron chi connectivity index (χ1n) is 5.41. The van der Waals surface area contributed by atoms with Crippen molar-refractivity contribution in [1.29, 1.82) is 0 Å². The molecule has 2 heterocycles. The van der Waals surface area contributed by atoms with Crippen LogP contribution in [0.25, 0.3) is 5.69 Å². The minimum atomic E-state index is -0.396. The highest BCUT2D eigenvalue weighted by atomic mass is 79.9. The van der Waals surface area contributed by atoms with Gasteiger partial charge in [0.2, 0.25) is 0 Å². The molecule has 100 valence electrons. The number of hydrogen-bond donors (Lipinski definition) is 0. The Bertz CT molecular complexity index is 625. The molecule has 0 unspecified atom stereocenters. The van der Waals surface area contributed by atoms with E-state index in [1.807, 2.05) is 6.92 Å². The second kappa shape index (κ2) is 5.83. The summed E-state index contributed by atoms with van der Waals surface area (Å²) < 4.78 is 7.29. The minimum Gasteiger partial charge on any atom is -0.465 e. The van der Waals surface area contributed by atoms with Gasteiger partial charge < -0.3 is 4.74 Å². The van der Waals surface area contributed by atoms with Gasteiger partial charge in [-0.3, -0.25) is 4.98 Å². The van der Waals surface area contributed by atoms with E-state index in [-0.39, 0.29) is 0 Å². The van der Waals surface area contributed by atoms with Crippen LogP contribution in [0.3, 0.4) is 0 Å². The van der Waals surface area contributed by atoms with Crippen molar-refractivity contribution in [2.24, 2.45) is 0 Å². The highest BCUT2D eigenvalue weighted by molar-refractivity contribution is 9.10. The number of rotatable bonds is 3. The van der Waals surface area contributed by atoms with E-state index in [2.05, 4.69) is 41.9 Å². The molecule has 0 atom stereocenters. The van der Waals surface area contributed by atoms with Crippen LogP contribution in [-0.2, 0) is 10.1 Å². The summed E-state index contributed by atoms with van der Waals surface area (Å²) >= 11 is 6.89. The summed E-state index contributed by atoms with van der Waals surface area (Å²) in [4.78, 5) is 15.7. The van der Waals surface area contributed by atoms with Crippen molar-refractivity contribution >= 4 is 37.8 Å². The summed E-state index contributed by atoms with van der Waals surface area (Å²) in [6.45, 7) is 1.82. The van der Waals surface area contributed by atoms with Crippen LogP contribution in [-0.4, -0.2) is 27.8 Å². The zero-order valence-corrected chi connectivity index (χ0v) is 13.5. The molecule has 0 aromatic carbocycles. The van der Waals surface area contributed by atoms with Gasteiger partial charge in [-0.2, -0.15) is 5.10 Å². The Morgan fingerprint density at radius 2 is 2.16 bits per heavy atom. The Morgan fingerprint density at radius 1 is 1.42 bits per heavy atom. The summed E-state index contributed by atoms with van der Waals surface area (Å²) in [5.41, 5.74) is 2.99. The summed E-state index contributed by atoms with van der Waals surface area (Å²) in [6.07, 6.45) is 4.93. The number of nitrogens with zero attached hydrogens (tertiary/aromatic N) is 3. The fourth-order valence-electron chi connectivity index (χ4n) is 1.73. The number of carbonyl (C=O) groups excluding carboxylic acids is 1. The lowest BCUT2D eigenvalue weighted by Gasteiger charge is -2.10. The first kappa shape index (κ1) is 14.2. The number of methoxy groups -OCH3 is 1. The molecule has 2 rings (SSSR count). The van der Waals surface area contributed by atoms with Gasteiger partial charge in [-0.05, 0) is 22.9 Å². The topological polar surface area (TPSA) is 57.0 Å². The summed E-state index contributed by atoms with van der Waals surface area (Å²) in [5.74, 6) is -0.396. The molecular formula is C12H11Br2N3O2. The monoisotopic (exact) mass is 387 g/mol. The van der Waals surface area contributed by atoms with Gasteiger partial charge in [0, 0.05) is 21.6 Å². The van der Waals surface area contributed by atoms with Crippen LogP contribution in [0.5, 0.6) is 0 Å². The summed E-state index contributed by atoms with van der Waals surface area (Å²) in [7, 11) is 1.35. The van der Waals surface area contributed by atoms with Crippen molar-refractivity contribution in [3.63, 3.8) is 0 Å². The van der Waals surface area contributed by atoms with Crippen LogP contribution in [0, 0.1) is 6.92 Å².